The summed E-state index contributed by atoms with van der Waals surface area (Å²) in [5, 5.41) is 4.02. The fourth-order valence-corrected chi connectivity index (χ4v) is 3.35. The van der Waals surface area contributed by atoms with Crippen LogP contribution in [0, 0.1) is 0 Å². The summed E-state index contributed by atoms with van der Waals surface area (Å²) in [6, 6.07) is 17.4. The lowest BCUT2D eigenvalue weighted by atomic mass is 10.2. The molecule has 1 amide bonds. The third kappa shape index (κ3) is 5.95. The second kappa shape index (κ2) is 9.73. The lowest BCUT2D eigenvalue weighted by molar-refractivity contribution is -0.118. The number of aromatic nitrogens is 1. The monoisotopic (exact) mass is 463 g/mol. The van der Waals surface area contributed by atoms with Crippen LogP contribution in [-0.2, 0) is 10.5 Å². The molecule has 3 rings (SSSR count). The van der Waals surface area contributed by atoms with E-state index in [0.717, 1.165) is 21.4 Å². The van der Waals surface area contributed by atoms with Gasteiger partial charge in [0.1, 0.15) is 5.69 Å². The van der Waals surface area contributed by atoms with E-state index in [9.17, 15) is 4.79 Å². The number of benzene rings is 2. The van der Waals surface area contributed by atoms with Crippen molar-refractivity contribution in [1.29, 1.82) is 0 Å². The van der Waals surface area contributed by atoms with Crippen LogP contribution in [0.5, 0.6) is 0 Å². The number of hydrogen-bond donors (Lipinski definition) is 1. The summed E-state index contributed by atoms with van der Waals surface area (Å²) >= 11 is 10.9. The van der Waals surface area contributed by atoms with Crippen molar-refractivity contribution in [3.05, 3.63) is 75.5 Å². The van der Waals surface area contributed by atoms with E-state index >= 15 is 0 Å². The molecule has 0 radical (unpaired) electrons. The number of rotatable bonds is 7. The maximum Gasteiger partial charge on any atom is 0.250 e. The van der Waals surface area contributed by atoms with Gasteiger partial charge in [0.05, 0.1) is 12.0 Å². The van der Waals surface area contributed by atoms with Crippen LogP contribution in [-0.4, -0.2) is 22.9 Å². The summed E-state index contributed by atoms with van der Waals surface area (Å²) in [5.41, 5.74) is 4.79. The molecule has 0 spiro atoms. The number of amides is 1. The van der Waals surface area contributed by atoms with Gasteiger partial charge in [-0.1, -0.05) is 46.3 Å². The first-order chi connectivity index (χ1) is 13.1. The molecule has 0 saturated heterocycles. The largest absolute Gasteiger partial charge is 0.424 e. The Morgan fingerprint density at radius 3 is 2.70 bits per heavy atom. The van der Waals surface area contributed by atoms with Gasteiger partial charge >= 0.3 is 0 Å². The first kappa shape index (κ1) is 19.7. The fourth-order valence-electron chi connectivity index (χ4n) is 2.14. The number of hydrazone groups is 1. The van der Waals surface area contributed by atoms with E-state index < -0.39 is 0 Å². The molecule has 0 aliphatic carbocycles. The Labute approximate surface area is 174 Å². The lowest BCUT2D eigenvalue weighted by Gasteiger charge is -2.01. The van der Waals surface area contributed by atoms with Gasteiger partial charge in [-0.15, -0.1) is 11.8 Å². The highest BCUT2D eigenvalue weighted by Gasteiger charge is 2.11. The quantitative estimate of drug-likeness (QED) is 0.388. The van der Waals surface area contributed by atoms with Gasteiger partial charge in [-0.25, -0.2) is 10.4 Å². The minimum atomic E-state index is -0.198. The van der Waals surface area contributed by atoms with Crippen LogP contribution in [0.1, 0.15) is 11.3 Å². The van der Waals surface area contributed by atoms with Gasteiger partial charge in [0.2, 0.25) is 17.0 Å². The Morgan fingerprint density at radius 1 is 1.22 bits per heavy atom. The van der Waals surface area contributed by atoms with Crippen LogP contribution in [0.15, 0.2) is 68.6 Å². The van der Waals surface area contributed by atoms with Crippen molar-refractivity contribution in [2.75, 3.05) is 5.75 Å². The van der Waals surface area contributed by atoms with Crippen molar-refractivity contribution < 1.29 is 9.21 Å². The van der Waals surface area contributed by atoms with Crippen LogP contribution in [0.2, 0.25) is 5.22 Å². The predicted molar refractivity (Wildman–Crippen MR) is 113 cm³/mol. The second-order valence-corrected chi connectivity index (χ2v) is 7.70. The Bertz CT molecular complexity index is 930. The van der Waals surface area contributed by atoms with Crippen molar-refractivity contribution in [2.45, 2.75) is 5.75 Å². The molecule has 1 aromatic heterocycles. The minimum Gasteiger partial charge on any atom is -0.424 e. The molecule has 1 heterocycles. The number of carbonyl (C=O) groups excluding carboxylic acids is 1. The summed E-state index contributed by atoms with van der Waals surface area (Å²) in [6.45, 7) is 0. The van der Waals surface area contributed by atoms with Crippen LogP contribution >= 0.6 is 39.3 Å². The summed E-state index contributed by atoms with van der Waals surface area (Å²) in [6.07, 6.45) is 1.37. The van der Waals surface area contributed by atoms with Gasteiger partial charge in [-0.05, 0) is 41.4 Å². The van der Waals surface area contributed by atoms with Gasteiger partial charge in [-0.2, -0.15) is 5.10 Å². The fraction of sp³-hybridized carbons (Fsp3) is 0.105. The van der Waals surface area contributed by atoms with Gasteiger partial charge in [0.25, 0.3) is 0 Å². The molecule has 0 saturated carbocycles. The van der Waals surface area contributed by atoms with Crippen LogP contribution in [0.3, 0.4) is 0 Å². The molecule has 0 unspecified atom stereocenters. The number of hydrogen-bond acceptors (Lipinski definition) is 5. The zero-order valence-electron chi connectivity index (χ0n) is 14.1. The second-order valence-electron chi connectivity index (χ2n) is 5.46. The number of thioether (sulfide) groups is 1. The van der Waals surface area contributed by atoms with E-state index in [4.69, 9.17) is 16.0 Å². The number of halogens is 2. The molecule has 5 nitrogen and oxygen atoms in total. The average molecular weight is 465 g/mol. The Balaban J connectivity index is 1.48. The molecule has 138 valence electrons. The summed E-state index contributed by atoms with van der Waals surface area (Å²) in [4.78, 5) is 16.1. The van der Waals surface area contributed by atoms with Gasteiger partial charge in [-0.3, -0.25) is 4.79 Å². The van der Waals surface area contributed by atoms with E-state index in [1.54, 1.807) is 0 Å². The molecule has 1 N–H and O–H groups in total. The highest BCUT2D eigenvalue weighted by molar-refractivity contribution is 9.10. The molecule has 8 heteroatoms. The number of carbonyl (C=O) groups is 1. The Morgan fingerprint density at radius 2 is 1.96 bits per heavy atom. The molecule has 0 aliphatic rings. The molecule has 27 heavy (non-hydrogen) atoms. The standard InChI is InChI=1S/C19H15BrClN3O2S/c20-15-8-6-13(7-9-15)11-27-12-17(25)24-22-10-16-18(21)26-19(23-16)14-4-2-1-3-5-14/h1-10H,11-12H2,(H,24,25). The summed E-state index contributed by atoms with van der Waals surface area (Å²) in [7, 11) is 0. The highest BCUT2D eigenvalue weighted by Crippen LogP contribution is 2.24. The molecular weight excluding hydrogens is 450 g/mol. The molecule has 0 aliphatic heterocycles. The lowest BCUT2D eigenvalue weighted by Crippen LogP contribution is -2.19. The predicted octanol–water partition coefficient (Wildman–Crippen LogP) is 5.14. The van der Waals surface area contributed by atoms with Crippen LogP contribution in [0.4, 0.5) is 0 Å². The van der Waals surface area contributed by atoms with Crippen molar-refractivity contribution in [1.82, 2.24) is 10.4 Å². The van der Waals surface area contributed by atoms with Crippen LogP contribution < -0.4 is 5.43 Å². The normalized spacial score (nSPS) is 11.0. The van der Waals surface area contributed by atoms with Gasteiger partial charge in [0, 0.05) is 15.8 Å². The molecule has 0 atom stereocenters. The third-order valence-corrected chi connectivity index (χ3v) is 5.22. The molecule has 2 aromatic carbocycles. The van der Waals surface area contributed by atoms with Gasteiger partial charge in [0.15, 0.2) is 0 Å². The molecule has 3 aromatic rings. The first-order valence-electron chi connectivity index (χ1n) is 7.97. The number of oxazole rings is 1. The van der Waals surface area contributed by atoms with E-state index in [-0.39, 0.29) is 11.1 Å². The van der Waals surface area contributed by atoms with E-state index in [1.807, 2.05) is 54.6 Å². The molecule has 0 fully saturated rings. The van der Waals surface area contributed by atoms with E-state index in [2.05, 4.69) is 31.4 Å². The summed E-state index contributed by atoms with van der Waals surface area (Å²) < 4.78 is 6.46. The first-order valence-corrected chi connectivity index (χ1v) is 10.3. The van der Waals surface area contributed by atoms with Crippen molar-refractivity contribution in [3.8, 4) is 11.5 Å². The maximum atomic E-state index is 11.9. The topological polar surface area (TPSA) is 67.5 Å². The molecule has 0 bridgehead atoms. The number of nitrogens with zero attached hydrogens (tertiary/aromatic N) is 2. The average Bonchev–Trinajstić information content (AvgIpc) is 3.05. The van der Waals surface area contributed by atoms with Crippen LogP contribution in [0.25, 0.3) is 11.5 Å². The van der Waals surface area contributed by atoms with E-state index in [1.165, 1.54) is 18.0 Å². The minimum absolute atomic E-state index is 0.122. The Hall–Kier alpha value is -2.09. The third-order valence-electron chi connectivity index (χ3n) is 3.42. The summed E-state index contributed by atoms with van der Waals surface area (Å²) in [5.74, 6) is 1.25. The van der Waals surface area contributed by atoms with E-state index in [0.29, 0.717) is 17.3 Å². The molecular formula is C19H15BrClN3O2S. The van der Waals surface area contributed by atoms with Crippen molar-refractivity contribution in [2.24, 2.45) is 5.10 Å². The zero-order chi connectivity index (χ0) is 19.1. The smallest absolute Gasteiger partial charge is 0.250 e. The zero-order valence-corrected chi connectivity index (χ0v) is 17.2. The highest BCUT2D eigenvalue weighted by atomic mass is 79.9. The SMILES string of the molecule is O=C(CSCc1ccc(Br)cc1)NN=Cc1nc(-c2ccccc2)oc1Cl. The number of nitrogens with one attached hydrogen (secondary N) is 1. The maximum absolute atomic E-state index is 11.9. The Kier molecular flexibility index (Phi) is 7.09. The van der Waals surface area contributed by atoms with Crippen molar-refractivity contribution >= 4 is 51.4 Å². The van der Waals surface area contributed by atoms with Gasteiger partial charge < -0.3 is 4.42 Å². The van der Waals surface area contributed by atoms with Crippen molar-refractivity contribution in [3.63, 3.8) is 0 Å².